The van der Waals surface area contributed by atoms with E-state index in [1.165, 1.54) is 7.11 Å². The fourth-order valence-electron chi connectivity index (χ4n) is 5.09. The predicted molar refractivity (Wildman–Crippen MR) is 92.3 cm³/mol. The van der Waals surface area contributed by atoms with Gasteiger partial charge >= 0.3 is 5.97 Å². The zero-order valence-electron chi connectivity index (χ0n) is 14.2. The number of amides is 2. The van der Waals surface area contributed by atoms with Gasteiger partial charge in [-0.2, -0.15) is 0 Å². The van der Waals surface area contributed by atoms with E-state index in [-0.39, 0.29) is 30.2 Å². The van der Waals surface area contributed by atoms with Gasteiger partial charge in [0.2, 0.25) is 11.8 Å². The Hall–Kier alpha value is -2.95. The van der Waals surface area contributed by atoms with Crippen LogP contribution in [-0.2, 0) is 19.1 Å². The molecule has 5 heteroatoms. The van der Waals surface area contributed by atoms with Gasteiger partial charge in [-0.15, -0.1) is 0 Å². The Balaban J connectivity index is 1.69. The highest BCUT2D eigenvalue weighted by atomic mass is 16.5. The van der Waals surface area contributed by atoms with Crippen LogP contribution in [0.15, 0.2) is 48.5 Å². The van der Waals surface area contributed by atoms with E-state index < -0.39 is 17.8 Å². The molecule has 26 heavy (non-hydrogen) atoms. The third kappa shape index (κ3) is 1.77. The zero-order chi connectivity index (χ0) is 18.0. The number of ether oxygens (including phenoxy) is 1. The topological polar surface area (TPSA) is 63.7 Å². The van der Waals surface area contributed by atoms with Crippen molar-refractivity contribution in [2.75, 3.05) is 13.7 Å². The van der Waals surface area contributed by atoms with Crippen molar-refractivity contribution in [3.05, 3.63) is 70.8 Å². The van der Waals surface area contributed by atoms with Crippen LogP contribution in [0.25, 0.3) is 0 Å². The molecule has 0 N–H and O–H groups in total. The van der Waals surface area contributed by atoms with Gasteiger partial charge in [0.15, 0.2) is 0 Å². The first-order valence-electron chi connectivity index (χ1n) is 8.73. The van der Waals surface area contributed by atoms with E-state index in [0.29, 0.717) is 0 Å². The lowest BCUT2D eigenvalue weighted by Gasteiger charge is -2.45. The molecule has 2 atom stereocenters. The number of hydrogen-bond acceptors (Lipinski definition) is 4. The summed E-state index contributed by atoms with van der Waals surface area (Å²) < 4.78 is 4.67. The van der Waals surface area contributed by atoms with Crippen molar-refractivity contribution in [1.29, 1.82) is 0 Å². The molecule has 0 spiro atoms. The number of likely N-dealkylation sites (tertiary alicyclic amines) is 1. The van der Waals surface area contributed by atoms with Gasteiger partial charge in [-0.05, 0) is 22.3 Å². The van der Waals surface area contributed by atoms with Crippen molar-refractivity contribution in [2.24, 2.45) is 11.8 Å². The van der Waals surface area contributed by atoms with E-state index in [1.54, 1.807) is 0 Å². The highest BCUT2D eigenvalue weighted by Crippen LogP contribution is 2.60. The van der Waals surface area contributed by atoms with Crippen molar-refractivity contribution in [3.63, 3.8) is 0 Å². The summed E-state index contributed by atoms with van der Waals surface area (Å²) in [6, 6.07) is 16.1. The molecule has 2 bridgehead atoms. The van der Waals surface area contributed by atoms with Crippen LogP contribution >= 0.6 is 0 Å². The second-order valence-corrected chi connectivity index (χ2v) is 7.10. The third-order valence-corrected chi connectivity index (χ3v) is 6.05. The molecule has 0 saturated carbocycles. The van der Waals surface area contributed by atoms with Crippen molar-refractivity contribution < 1.29 is 19.1 Å². The lowest BCUT2D eigenvalue weighted by Crippen LogP contribution is -2.41. The molecule has 2 aromatic carbocycles. The van der Waals surface area contributed by atoms with Crippen LogP contribution in [0.1, 0.15) is 34.1 Å². The van der Waals surface area contributed by atoms with E-state index >= 15 is 0 Å². The van der Waals surface area contributed by atoms with E-state index in [4.69, 9.17) is 0 Å². The molecule has 0 aromatic heterocycles. The Bertz CT molecular complexity index is 850. The summed E-state index contributed by atoms with van der Waals surface area (Å²) >= 11 is 0. The largest absolute Gasteiger partial charge is 0.468 e. The molecule has 0 unspecified atom stereocenters. The number of carbonyl (C=O) groups is 3. The Morgan fingerprint density at radius 3 is 1.58 bits per heavy atom. The van der Waals surface area contributed by atoms with Gasteiger partial charge in [0.25, 0.3) is 0 Å². The van der Waals surface area contributed by atoms with Crippen LogP contribution in [0.2, 0.25) is 0 Å². The predicted octanol–water partition coefficient (Wildman–Crippen LogP) is 2.05. The third-order valence-electron chi connectivity index (χ3n) is 6.05. The molecule has 2 aromatic rings. The van der Waals surface area contributed by atoms with Gasteiger partial charge in [-0.25, -0.2) is 0 Å². The number of carbonyl (C=O) groups excluding carboxylic acids is 3. The van der Waals surface area contributed by atoms with Gasteiger partial charge in [-0.1, -0.05) is 48.5 Å². The van der Waals surface area contributed by atoms with E-state index in [9.17, 15) is 14.4 Å². The number of methoxy groups -OCH3 is 1. The molecule has 6 rings (SSSR count). The first-order chi connectivity index (χ1) is 12.6. The van der Waals surface area contributed by atoms with E-state index in [2.05, 4.69) is 29.0 Å². The molecule has 130 valence electrons. The Morgan fingerprint density at radius 1 is 0.846 bits per heavy atom. The fourth-order valence-corrected chi connectivity index (χ4v) is 5.09. The average Bonchev–Trinajstić information content (AvgIpc) is 2.93. The molecule has 4 aliphatic rings. The maximum Gasteiger partial charge on any atom is 0.325 e. The Morgan fingerprint density at radius 2 is 1.23 bits per heavy atom. The molecule has 1 fully saturated rings. The minimum absolute atomic E-state index is 0.142. The molecule has 5 nitrogen and oxygen atoms in total. The first-order valence-corrected chi connectivity index (χ1v) is 8.73. The number of hydrogen-bond donors (Lipinski definition) is 0. The molecule has 2 amide bonds. The van der Waals surface area contributed by atoms with Crippen molar-refractivity contribution in [3.8, 4) is 0 Å². The van der Waals surface area contributed by atoms with Gasteiger partial charge in [-0.3, -0.25) is 19.3 Å². The SMILES string of the molecule is COC(=O)CN1C(=O)[C@H]2C3c4ccccc4C(c4ccccc43)[C@@H]2C1=O. The summed E-state index contributed by atoms with van der Waals surface area (Å²) in [6.07, 6.45) is 0. The smallest absolute Gasteiger partial charge is 0.325 e. The second kappa shape index (κ2) is 5.27. The number of esters is 1. The van der Waals surface area contributed by atoms with Gasteiger partial charge in [0, 0.05) is 11.8 Å². The number of imide groups is 1. The summed E-state index contributed by atoms with van der Waals surface area (Å²) in [5.74, 6) is -2.27. The number of nitrogens with zero attached hydrogens (tertiary/aromatic N) is 1. The highest BCUT2D eigenvalue weighted by Gasteiger charge is 2.61. The van der Waals surface area contributed by atoms with Gasteiger partial charge in [0.05, 0.1) is 18.9 Å². The average molecular weight is 347 g/mol. The second-order valence-electron chi connectivity index (χ2n) is 7.10. The Kier molecular flexibility index (Phi) is 3.11. The number of rotatable bonds is 2. The van der Waals surface area contributed by atoms with Crippen LogP contribution < -0.4 is 0 Å². The zero-order valence-corrected chi connectivity index (χ0v) is 14.2. The summed E-state index contributed by atoms with van der Waals surface area (Å²) in [4.78, 5) is 39.0. The molecule has 1 heterocycles. The number of benzene rings is 2. The van der Waals surface area contributed by atoms with Crippen LogP contribution in [-0.4, -0.2) is 36.3 Å². The summed E-state index contributed by atoms with van der Waals surface area (Å²) in [7, 11) is 1.26. The fraction of sp³-hybridized carbons (Fsp3) is 0.286. The highest BCUT2D eigenvalue weighted by molar-refractivity contribution is 6.09. The van der Waals surface area contributed by atoms with Gasteiger partial charge in [0.1, 0.15) is 6.54 Å². The van der Waals surface area contributed by atoms with Crippen LogP contribution in [0.3, 0.4) is 0 Å². The quantitative estimate of drug-likeness (QED) is 0.616. The molecule has 3 aliphatic carbocycles. The van der Waals surface area contributed by atoms with E-state index in [0.717, 1.165) is 27.2 Å². The van der Waals surface area contributed by atoms with Crippen LogP contribution in [0, 0.1) is 11.8 Å². The minimum atomic E-state index is -0.576. The van der Waals surface area contributed by atoms with Crippen molar-refractivity contribution in [2.45, 2.75) is 11.8 Å². The van der Waals surface area contributed by atoms with Crippen molar-refractivity contribution in [1.82, 2.24) is 4.90 Å². The minimum Gasteiger partial charge on any atom is -0.468 e. The van der Waals surface area contributed by atoms with E-state index in [1.807, 2.05) is 24.3 Å². The first kappa shape index (κ1) is 15.3. The molecule has 1 aliphatic heterocycles. The maximum atomic E-state index is 13.1. The normalized spacial score (nSPS) is 27.8. The lowest BCUT2D eigenvalue weighted by molar-refractivity contribution is -0.151. The summed E-state index contributed by atoms with van der Waals surface area (Å²) in [5.41, 5.74) is 4.49. The van der Waals surface area contributed by atoms with Crippen LogP contribution in [0.4, 0.5) is 0 Å². The van der Waals surface area contributed by atoms with Crippen LogP contribution in [0.5, 0.6) is 0 Å². The van der Waals surface area contributed by atoms with Gasteiger partial charge < -0.3 is 4.74 Å². The monoisotopic (exact) mass is 347 g/mol. The standard InChI is InChI=1S/C21H17NO4/c1-26-15(23)10-22-20(24)18-16-11-6-2-3-7-12(11)17(19(18)21(22)25)14-9-5-4-8-13(14)16/h2-9,16-19H,10H2,1H3/t16?,17?,18-,19-/m0/s1. The molecule has 0 radical (unpaired) electrons. The van der Waals surface area contributed by atoms with Crippen molar-refractivity contribution >= 4 is 17.8 Å². The lowest BCUT2D eigenvalue weighted by atomic mass is 9.55. The Labute approximate surface area is 150 Å². The maximum absolute atomic E-state index is 13.1. The summed E-state index contributed by atoms with van der Waals surface area (Å²) in [6.45, 7) is -0.312. The molecular weight excluding hydrogens is 330 g/mol. The molecule has 1 saturated heterocycles. The molecular formula is C21H17NO4. The summed E-state index contributed by atoms with van der Waals surface area (Å²) in [5, 5.41) is 0.